The minimum Gasteiger partial charge on any atom is -0.381 e. The molecule has 0 fully saturated rings. The predicted octanol–water partition coefficient (Wildman–Crippen LogP) is 0.425. The van der Waals surface area contributed by atoms with Gasteiger partial charge in [0.25, 0.3) is 0 Å². The molecule has 0 aliphatic heterocycles. The van der Waals surface area contributed by atoms with Crippen LogP contribution in [0.15, 0.2) is 12.2 Å². The Hall–Kier alpha value is -0.380. The first-order chi connectivity index (χ1) is 5.41. The van der Waals surface area contributed by atoms with Crippen LogP contribution >= 0.6 is 0 Å². The lowest BCUT2D eigenvalue weighted by atomic mass is 10.5. The highest BCUT2D eigenvalue weighted by Crippen LogP contribution is 1.77. The van der Waals surface area contributed by atoms with Crippen molar-refractivity contribution >= 4 is 0 Å². The normalized spacial score (nSPS) is 11.1. The van der Waals surface area contributed by atoms with E-state index in [2.05, 4.69) is 5.32 Å². The number of rotatable bonds is 7. The highest BCUT2D eigenvalue weighted by molar-refractivity contribution is 4.80. The van der Waals surface area contributed by atoms with Crippen molar-refractivity contribution in [2.24, 2.45) is 0 Å². The molecule has 0 unspecified atom stereocenters. The standard InChI is InChI=1S/C8H17NO2/c1-9-5-8-11-7-4-3-6-10-2/h3-4,9H,5-8H2,1-2H3/b4-3-. The molecule has 3 heteroatoms. The zero-order valence-electron chi connectivity index (χ0n) is 7.30. The van der Waals surface area contributed by atoms with Gasteiger partial charge < -0.3 is 14.8 Å². The summed E-state index contributed by atoms with van der Waals surface area (Å²) in [4.78, 5) is 0. The molecule has 0 atom stereocenters. The van der Waals surface area contributed by atoms with Gasteiger partial charge in [-0.05, 0) is 7.05 Å². The number of hydrogen-bond donors (Lipinski definition) is 1. The number of methoxy groups -OCH3 is 1. The average molecular weight is 159 g/mol. The summed E-state index contributed by atoms with van der Waals surface area (Å²) in [6.45, 7) is 2.99. The smallest absolute Gasteiger partial charge is 0.0648 e. The van der Waals surface area contributed by atoms with Gasteiger partial charge in [0.15, 0.2) is 0 Å². The predicted molar refractivity (Wildman–Crippen MR) is 45.8 cm³/mol. The number of ether oxygens (including phenoxy) is 2. The fourth-order valence-electron chi connectivity index (χ4n) is 0.558. The Labute approximate surface area is 68.4 Å². The molecule has 0 heterocycles. The first-order valence-electron chi connectivity index (χ1n) is 3.78. The van der Waals surface area contributed by atoms with Crippen LogP contribution in [0.4, 0.5) is 0 Å². The van der Waals surface area contributed by atoms with Crippen molar-refractivity contribution < 1.29 is 9.47 Å². The summed E-state index contributed by atoms with van der Waals surface area (Å²) in [6.07, 6.45) is 3.90. The highest BCUT2D eigenvalue weighted by atomic mass is 16.5. The van der Waals surface area contributed by atoms with Crippen LogP contribution in [0.1, 0.15) is 0 Å². The van der Waals surface area contributed by atoms with Crippen molar-refractivity contribution in [3.63, 3.8) is 0 Å². The van der Waals surface area contributed by atoms with Gasteiger partial charge in [-0.15, -0.1) is 0 Å². The van der Waals surface area contributed by atoms with Crippen LogP contribution in [0.3, 0.4) is 0 Å². The molecule has 0 amide bonds. The van der Waals surface area contributed by atoms with E-state index >= 15 is 0 Å². The van der Waals surface area contributed by atoms with E-state index in [1.165, 1.54) is 0 Å². The van der Waals surface area contributed by atoms with E-state index in [4.69, 9.17) is 9.47 Å². The zero-order valence-corrected chi connectivity index (χ0v) is 7.30. The SMILES string of the molecule is CNCCOC/C=C\COC. The number of likely N-dealkylation sites (N-methyl/N-ethyl adjacent to an activating group) is 1. The Bertz CT molecular complexity index is 94.1. The first kappa shape index (κ1) is 10.6. The Morgan fingerprint density at radius 3 is 2.64 bits per heavy atom. The molecular formula is C8H17NO2. The van der Waals surface area contributed by atoms with Crippen molar-refractivity contribution in [1.82, 2.24) is 5.32 Å². The topological polar surface area (TPSA) is 30.5 Å². The van der Waals surface area contributed by atoms with E-state index in [1.54, 1.807) is 7.11 Å². The van der Waals surface area contributed by atoms with Gasteiger partial charge in [0.1, 0.15) is 0 Å². The Kier molecular flexibility index (Phi) is 9.29. The third-order valence-corrected chi connectivity index (χ3v) is 1.14. The second-order valence-corrected chi connectivity index (χ2v) is 2.11. The maximum Gasteiger partial charge on any atom is 0.0648 e. The molecule has 0 bridgehead atoms. The van der Waals surface area contributed by atoms with Gasteiger partial charge in [0.05, 0.1) is 19.8 Å². The largest absolute Gasteiger partial charge is 0.381 e. The van der Waals surface area contributed by atoms with Crippen LogP contribution in [-0.2, 0) is 9.47 Å². The van der Waals surface area contributed by atoms with Gasteiger partial charge in [0.2, 0.25) is 0 Å². The van der Waals surface area contributed by atoms with Crippen molar-refractivity contribution in [1.29, 1.82) is 0 Å². The van der Waals surface area contributed by atoms with E-state index in [9.17, 15) is 0 Å². The van der Waals surface area contributed by atoms with Crippen LogP contribution in [-0.4, -0.2) is 40.5 Å². The van der Waals surface area contributed by atoms with Crippen LogP contribution in [0.25, 0.3) is 0 Å². The van der Waals surface area contributed by atoms with E-state index < -0.39 is 0 Å². The molecular weight excluding hydrogens is 142 g/mol. The van der Waals surface area contributed by atoms with Crippen LogP contribution < -0.4 is 5.32 Å². The van der Waals surface area contributed by atoms with Gasteiger partial charge in [-0.1, -0.05) is 12.2 Å². The molecule has 66 valence electrons. The van der Waals surface area contributed by atoms with Crippen LogP contribution in [0, 0.1) is 0 Å². The monoisotopic (exact) mass is 159 g/mol. The van der Waals surface area contributed by atoms with Gasteiger partial charge in [-0.25, -0.2) is 0 Å². The van der Waals surface area contributed by atoms with Crippen LogP contribution in [0.5, 0.6) is 0 Å². The summed E-state index contributed by atoms with van der Waals surface area (Å²) in [5.41, 5.74) is 0. The van der Waals surface area contributed by atoms with E-state index in [-0.39, 0.29) is 0 Å². The summed E-state index contributed by atoms with van der Waals surface area (Å²) in [7, 11) is 3.58. The molecule has 0 aliphatic rings. The molecule has 0 aromatic heterocycles. The molecule has 3 nitrogen and oxygen atoms in total. The first-order valence-corrected chi connectivity index (χ1v) is 3.78. The molecule has 0 saturated carbocycles. The number of nitrogens with one attached hydrogen (secondary N) is 1. The van der Waals surface area contributed by atoms with E-state index in [0.29, 0.717) is 13.2 Å². The van der Waals surface area contributed by atoms with Gasteiger partial charge in [-0.2, -0.15) is 0 Å². The molecule has 0 aromatic carbocycles. The minimum atomic E-state index is 0.662. The third kappa shape index (κ3) is 9.62. The summed E-state index contributed by atoms with van der Waals surface area (Å²) in [6, 6.07) is 0. The molecule has 0 rings (SSSR count). The Morgan fingerprint density at radius 2 is 2.00 bits per heavy atom. The van der Waals surface area contributed by atoms with Crippen molar-refractivity contribution in [3.8, 4) is 0 Å². The Morgan fingerprint density at radius 1 is 1.27 bits per heavy atom. The maximum atomic E-state index is 5.22. The molecule has 0 radical (unpaired) electrons. The van der Waals surface area contributed by atoms with Crippen molar-refractivity contribution in [3.05, 3.63) is 12.2 Å². The summed E-state index contributed by atoms with van der Waals surface area (Å²) in [5.74, 6) is 0. The fourth-order valence-corrected chi connectivity index (χ4v) is 0.558. The quantitative estimate of drug-likeness (QED) is 0.431. The molecule has 11 heavy (non-hydrogen) atoms. The van der Waals surface area contributed by atoms with Gasteiger partial charge in [0, 0.05) is 13.7 Å². The molecule has 0 aliphatic carbocycles. The highest BCUT2D eigenvalue weighted by Gasteiger charge is 1.80. The molecule has 0 aromatic rings. The van der Waals surface area contributed by atoms with Gasteiger partial charge >= 0.3 is 0 Å². The van der Waals surface area contributed by atoms with E-state index in [1.807, 2.05) is 19.2 Å². The molecule has 0 saturated heterocycles. The molecule has 1 N–H and O–H groups in total. The van der Waals surface area contributed by atoms with Crippen molar-refractivity contribution in [2.45, 2.75) is 0 Å². The average Bonchev–Trinajstić information content (AvgIpc) is 2.03. The summed E-state index contributed by atoms with van der Waals surface area (Å²) >= 11 is 0. The summed E-state index contributed by atoms with van der Waals surface area (Å²) < 4.78 is 10.0. The summed E-state index contributed by atoms with van der Waals surface area (Å²) in [5, 5.41) is 3.00. The second-order valence-electron chi connectivity index (χ2n) is 2.11. The molecule has 0 spiro atoms. The minimum absolute atomic E-state index is 0.662. The Balaban J connectivity index is 2.89. The number of hydrogen-bond acceptors (Lipinski definition) is 3. The lowest BCUT2D eigenvalue weighted by molar-refractivity contribution is 0.164. The van der Waals surface area contributed by atoms with Crippen molar-refractivity contribution in [2.75, 3.05) is 40.5 Å². The van der Waals surface area contributed by atoms with Crippen LogP contribution in [0.2, 0.25) is 0 Å². The maximum absolute atomic E-state index is 5.22. The van der Waals surface area contributed by atoms with Gasteiger partial charge in [-0.3, -0.25) is 0 Å². The second kappa shape index (κ2) is 9.62. The zero-order chi connectivity index (χ0) is 8.36. The van der Waals surface area contributed by atoms with E-state index in [0.717, 1.165) is 13.2 Å². The lowest BCUT2D eigenvalue weighted by Crippen LogP contribution is -2.14. The lowest BCUT2D eigenvalue weighted by Gasteiger charge is -1.98. The third-order valence-electron chi connectivity index (χ3n) is 1.14. The fraction of sp³-hybridized carbons (Fsp3) is 0.750.